The van der Waals surface area contributed by atoms with Crippen molar-refractivity contribution >= 4 is 16.9 Å². The summed E-state index contributed by atoms with van der Waals surface area (Å²) < 4.78 is 16.6. The topological polar surface area (TPSA) is 96.2 Å². The van der Waals surface area contributed by atoms with Crippen LogP contribution in [-0.2, 0) is 4.79 Å². The molecule has 0 spiro atoms. The van der Waals surface area contributed by atoms with E-state index in [2.05, 4.69) is 0 Å². The van der Waals surface area contributed by atoms with E-state index < -0.39 is 5.63 Å². The Bertz CT molecular complexity index is 1120. The first-order valence-electron chi connectivity index (χ1n) is 10.5. The van der Waals surface area contributed by atoms with Crippen molar-refractivity contribution in [2.75, 3.05) is 33.4 Å². The molecule has 3 N–H and O–H groups in total. The van der Waals surface area contributed by atoms with Crippen LogP contribution < -0.4 is 25.7 Å². The monoisotopic (exact) mass is 423 g/mol. The molecule has 1 saturated heterocycles. The Morgan fingerprint density at radius 2 is 1.81 bits per heavy atom. The summed E-state index contributed by atoms with van der Waals surface area (Å²) in [5, 5.41) is 0.830. The number of hydrogen-bond acceptors (Lipinski definition) is 5. The lowest BCUT2D eigenvalue weighted by atomic mass is 9.96. The number of fused-ring (bicyclic) bond motifs is 1. The van der Waals surface area contributed by atoms with Crippen molar-refractivity contribution in [1.29, 1.82) is 0 Å². The van der Waals surface area contributed by atoms with Gasteiger partial charge in [0.1, 0.15) is 30.2 Å². The predicted octanol–water partition coefficient (Wildman–Crippen LogP) is 1.63. The van der Waals surface area contributed by atoms with Gasteiger partial charge in [-0.15, -0.1) is 0 Å². The van der Waals surface area contributed by atoms with Gasteiger partial charge in [-0.1, -0.05) is 12.1 Å². The fourth-order valence-corrected chi connectivity index (χ4v) is 4.03. The summed E-state index contributed by atoms with van der Waals surface area (Å²) >= 11 is 0. The maximum absolute atomic E-state index is 12.5. The zero-order chi connectivity index (χ0) is 21.8. The van der Waals surface area contributed by atoms with Crippen molar-refractivity contribution in [1.82, 2.24) is 0 Å². The second kappa shape index (κ2) is 9.22. The zero-order valence-electron chi connectivity index (χ0n) is 17.6. The molecule has 2 heterocycles. The van der Waals surface area contributed by atoms with E-state index in [1.807, 2.05) is 42.5 Å². The van der Waals surface area contributed by atoms with E-state index in [4.69, 9.17) is 19.6 Å². The second-order valence-corrected chi connectivity index (χ2v) is 7.90. The Balaban J connectivity index is 1.40. The highest BCUT2D eigenvalue weighted by Crippen LogP contribution is 2.25. The third kappa shape index (κ3) is 4.88. The summed E-state index contributed by atoms with van der Waals surface area (Å²) in [6, 6.07) is 14.7. The van der Waals surface area contributed by atoms with E-state index in [9.17, 15) is 9.59 Å². The van der Waals surface area contributed by atoms with Gasteiger partial charge in [0.25, 0.3) is 0 Å². The normalized spacial score (nSPS) is 18.6. The van der Waals surface area contributed by atoms with Gasteiger partial charge in [0.15, 0.2) is 0 Å². The summed E-state index contributed by atoms with van der Waals surface area (Å²) in [5.74, 6) is 1.22. The van der Waals surface area contributed by atoms with Crippen LogP contribution in [0.15, 0.2) is 57.7 Å². The number of ether oxygens (including phenoxy) is 2. The molecular weight excluding hydrogens is 396 g/mol. The number of benzene rings is 2. The van der Waals surface area contributed by atoms with E-state index in [0.717, 1.165) is 49.2 Å². The summed E-state index contributed by atoms with van der Waals surface area (Å²) in [5.41, 5.74) is 6.78. The van der Waals surface area contributed by atoms with Crippen LogP contribution >= 0.6 is 0 Å². The van der Waals surface area contributed by atoms with Crippen LogP contribution in [0.1, 0.15) is 12.8 Å². The molecule has 1 amide bonds. The molecule has 0 unspecified atom stereocenters. The lowest BCUT2D eigenvalue weighted by Crippen LogP contribution is -3.13. The third-order valence-corrected chi connectivity index (χ3v) is 5.93. The molecule has 1 aliphatic heterocycles. The van der Waals surface area contributed by atoms with Gasteiger partial charge in [-0.3, -0.25) is 4.79 Å². The Morgan fingerprint density at radius 1 is 1.10 bits per heavy atom. The van der Waals surface area contributed by atoms with Crippen LogP contribution in [0.4, 0.5) is 0 Å². The number of amides is 1. The van der Waals surface area contributed by atoms with E-state index in [0.29, 0.717) is 23.5 Å². The molecule has 7 nitrogen and oxygen atoms in total. The first-order chi connectivity index (χ1) is 15.0. The molecule has 4 rings (SSSR count). The number of rotatable bonds is 7. The first kappa shape index (κ1) is 20.9. The average molecular weight is 423 g/mol. The Labute approximate surface area is 180 Å². The lowest BCUT2D eigenvalue weighted by Gasteiger charge is -2.27. The van der Waals surface area contributed by atoms with Crippen LogP contribution in [0, 0.1) is 5.92 Å². The molecule has 0 bridgehead atoms. The van der Waals surface area contributed by atoms with Crippen molar-refractivity contribution in [2.45, 2.75) is 12.8 Å². The van der Waals surface area contributed by atoms with Crippen LogP contribution in [-0.4, -0.2) is 39.3 Å². The minimum Gasteiger partial charge on any atom is -0.497 e. The molecule has 1 aromatic heterocycles. The number of methoxy groups -OCH3 is 1. The Hall–Kier alpha value is -3.32. The number of carbonyl (C=O) groups is 1. The van der Waals surface area contributed by atoms with Gasteiger partial charge in [0.2, 0.25) is 5.91 Å². The number of piperidine rings is 1. The quantitative estimate of drug-likeness (QED) is 0.563. The predicted molar refractivity (Wildman–Crippen MR) is 117 cm³/mol. The highest BCUT2D eigenvalue weighted by molar-refractivity contribution is 5.82. The number of quaternary nitrogens is 1. The maximum Gasteiger partial charge on any atom is 0.344 e. The third-order valence-electron chi connectivity index (χ3n) is 5.93. The second-order valence-electron chi connectivity index (χ2n) is 7.90. The molecular formula is C24H27N2O5+. The van der Waals surface area contributed by atoms with Gasteiger partial charge in [-0.2, -0.15) is 0 Å². The molecule has 31 heavy (non-hydrogen) atoms. The van der Waals surface area contributed by atoms with Crippen LogP contribution in [0.25, 0.3) is 22.1 Å². The van der Waals surface area contributed by atoms with E-state index in [-0.39, 0.29) is 11.8 Å². The van der Waals surface area contributed by atoms with Crippen molar-refractivity contribution in [2.24, 2.45) is 11.7 Å². The minimum atomic E-state index is -0.392. The fourth-order valence-electron chi connectivity index (χ4n) is 4.03. The molecule has 1 aliphatic rings. The highest BCUT2D eigenvalue weighted by Gasteiger charge is 2.25. The molecule has 0 aliphatic carbocycles. The standard InChI is InChI=1S/C24H26N2O5/c1-29-19-5-2-16(3-6-19)21-14-18-4-7-20(15-22(18)31-24(21)28)30-13-12-26-10-8-17(9-11-26)23(25)27/h2-7,14-15,17H,8-13H2,1H3,(H2,25,27)/p+1. The maximum atomic E-state index is 12.5. The van der Waals surface area contributed by atoms with Gasteiger partial charge in [-0.05, 0) is 35.9 Å². The highest BCUT2D eigenvalue weighted by atomic mass is 16.5. The van der Waals surface area contributed by atoms with Gasteiger partial charge >= 0.3 is 5.63 Å². The van der Waals surface area contributed by atoms with Gasteiger partial charge < -0.3 is 24.5 Å². The number of nitrogens with two attached hydrogens (primary N) is 1. The molecule has 3 aromatic rings. The summed E-state index contributed by atoms with van der Waals surface area (Å²) in [7, 11) is 1.60. The smallest absolute Gasteiger partial charge is 0.344 e. The summed E-state index contributed by atoms with van der Waals surface area (Å²) in [4.78, 5) is 25.2. The van der Waals surface area contributed by atoms with E-state index >= 15 is 0 Å². The lowest BCUT2D eigenvalue weighted by molar-refractivity contribution is -0.905. The molecule has 0 atom stereocenters. The van der Waals surface area contributed by atoms with Gasteiger partial charge in [-0.25, -0.2) is 4.79 Å². The summed E-state index contributed by atoms with van der Waals surface area (Å²) in [6.45, 7) is 3.26. The van der Waals surface area contributed by atoms with E-state index in [1.54, 1.807) is 13.2 Å². The van der Waals surface area contributed by atoms with Crippen molar-refractivity contribution in [3.8, 4) is 22.6 Å². The van der Waals surface area contributed by atoms with Crippen molar-refractivity contribution in [3.63, 3.8) is 0 Å². The zero-order valence-corrected chi connectivity index (χ0v) is 17.6. The molecule has 7 heteroatoms. The van der Waals surface area contributed by atoms with E-state index in [1.165, 1.54) is 4.90 Å². The molecule has 1 fully saturated rings. The Kier molecular flexibility index (Phi) is 6.23. The van der Waals surface area contributed by atoms with Crippen LogP contribution in [0.2, 0.25) is 0 Å². The fraction of sp³-hybridized carbons (Fsp3) is 0.333. The van der Waals surface area contributed by atoms with Crippen LogP contribution in [0.5, 0.6) is 11.5 Å². The molecule has 0 saturated carbocycles. The number of carbonyl (C=O) groups excluding carboxylic acids is 1. The Morgan fingerprint density at radius 3 is 2.48 bits per heavy atom. The SMILES string of the molecule is COc1ccc(-c2cc3ccc(OCC[NH+]4CCC(C(N)=O)CC4)cc3oc2=O)cc1. The number of nitrogens with one attached hydrogen (secondary N) is 1. The average Bonchev–Trinajstić information content (AvgIpc) is 2.79. The van der Waals surface area contributed by atoms with Gasteiger partial charge in [0, 0.05) is 30.2 Å². The number of hydrogen-bond donors (Lipinski definition) is 2. The van der Waals surface area contributed by atoms with Gasteiger partial charge in [0.05, 0.1) is 25.8 Å². The molecule has 0 radical (unpaired) electrons. The first-order valence-corrected chi connectivity index (χ1v) is 10.5. The van der Waals surface area contributed by atoms with Crippen LogP contribution in [0.3, 0.4) is 0 Å². The molecule has 2 aromatic carbocycles. The van der Waals surface area contributed by atoms with Crippen molar-refractivity contribution in [3.05, 3.63) is 59.0 Å². The minimum absolute atomic E-state index is 0.0101. The number of likely N-dealkylation sites (tertiary alicyclic amines) is 1. The van der Waals surface area contributed by atoms with Crippen molar-refractivity contribution < 1.29 is 23.6 Å². The molecule has 162 valence electrons. The largest absolute Gasteiger partial charge is 0.497 e. The summed E-state index contributed by atoms with van der Waals surface area (Å²) in [6.07, 6.45) is 1.67. The number of primary amides is 1.